The summed E-state index contributed by atoms with van der Waals surface area (Å²) in [6.45, 7) is 1.97. The SMILES string of the molecule is Cl.O=C(CC1CCNC1)Nc1cccc2cn[nH]c12. The first-order valence-electron chi connectivity index (χ1n) is 6.25. The summed E-state index contributed by atoms with van der Waals surface area (Å²) in [5.41, 5.74) is 1.69. The zero-order valence-corrected chi connectivity index (χ0v) is 11.3. The van der Waals surface area contributed by atoms with E-state index in [1.54, 1.807) is 6.20 Å². The molecule has 1 aromatic heterocycles. The van der Waals surface area contributed by atoms with Crippen LogP contribution in [0.3, 0.4) is 0 Å². The van der Waals surface area contributed by atoms with Crippen molar-refractivity contribution in [1.82, 2.24) is 15.5 Å². The third-order valence-corrected chi connectivity index (χ3v) is 3.39. The van der Waals surface area contributed by atoms with Crippen LogP contribution in [0.25, 0.3) is 10.9 Å². The van der Waals surface area contributed by atoms with Gasteiger partial charge in [-0.15, -0.1) is 12.4 Å². The number of hydrogen-bond acceptors (Lipinski definition) is 3. The molecule has 0 radical (unpaired) electrons. The molecule has 0 bridgehead atoms. The molecule has 3 N–H and O–H groups in total. The first-order valence-corrected chi connectivity index (χ1v) is 6.25. The van der Waals surface area contributed by atoms with Gasteiger partial charge in [-0.25, -0.2) is 0 Å². The minimum absolute atomic E-state index is 0. The molecule has 5 nitrogen and oxygen atoms in total. The van der Waals surface area contributed by atoms with Crippen molar-refractivity contribution in [3.05, 3.63) is 24.4 Å². The Balaban J connectivity index is 0.00000133. The Bertz CT molecular complexity index is 563. The molecule has 1 aliphatic heterocycles. The number of nitrogens with one attached hydrogen (secondary N) is 3. The number of aromatic amines is 1. The van der Waals surface area contributed by atoms with Gasteiger partial charge in [-0.2, -0.15) is 5.10 Å². The maximum Gasteiger partial charge on any atom is 0.224 e. The van der Waals surface area contributed by atoms with Crippen molar-refractivity contribution in [2.75, 3.05) is 18.4 Å². The molecule has 1 fully saturated rings. The fourth-order valence-corrected chi connectivity index (χ4v) is 2.43. The first-order chi connectivity index (χ1) is 8.83. The van der Waals surface area contributed by atoms with Crippen LogP contribution in [-0.2, 0) is 4.79 Å². The van der Waals surface area contributed by atoms with E-state index in [1.807, 2.05) is 18.2 Å². The molecule has 6 heteroatoms. The Morgan fingerprint density at radius 2 is 2.37 bits per heavy atom. The van der Waals surface area contributed by atoms with E-state index in [9.17, 15) is 4.79 Å². The van der Waals surface area contributed by atoms with E-state index < -0.39 is 0 Å². The molecule has 1 saturated heterocycles. The molecule has 0 spiro atoms. The summed E-state index contributed by atoms with van der Waals surface area (Å²) in [4.78, 5) is 12.0. The topological polar surface area (TPSA) is 69.8 Å². The van der Waals surface area contributed by atoms with Gasteiger partial charge < -0.3 is 10.6 Å². The molecule has 102 valence electrons. The molecule has 0 aliphatic carbocycles. The maximum absolute atomic E-state index is 12.0. The highest BCUT2D eigenvalue weighted by molar-refractivity contribution is 6.00. The molecule has 1 aromatic carbocycles. The van der Waals surface area contributed by atoms with Gasteiger partial charge in [0.15, 0.2) is 0 Å². The number of carbonyl (C=O) groups excluding carboxylic acids is 1. The van der Waals surface area contributed by atoms with E-state index in [0.717, 1.165) is 36.1 Å². The Morgan fingerprint density at radius 3 is 3.16 bits per heavy atom. The zero-order valence-electron chi connectivity index (χ0n) is 10.5. The fraction of sp³-hybridized carbons (Fsp3) is 0.385. The van der Waals surface area contributed by atoms with Gasteiger partial charge in [-0.3, -0.25) is 9.89 Å². The molecule has 1 amide bonds. The number of aromatic nitrogens is 2. The number of fused-ring (bicyclic) bond motifs is 1. The second-order valence-electron chi connectivity index (χ2n) is 4.75. The molecule has 1 aliphatic rings. The normalized spacial score (nSPS) is 18.2. The number of nitrogens with zero attached hydrogens (tertiary/aromatic N) is 1. The lowest BCUT2D eigenvalue weighted by atomic mass is 10.0. The highest BCUT2D eigenvalue weighted by atomic mass is 35.5. The van der Waals surface area contributed by atoms with Crippen LogP contribution < -0.4 is 10.6 Å². The quantitative estimate of drug-likeness (QED) is 0.804. The summed E-state index contributed by atoms with van der Waals surface area (Å²) in [6.07, 6.45) is 3.42. The van der Waals surface area contributed by atoms with Crippen molar-refractivity contribution in [2.45, 2.75) is 12.8 Å². The number of amides is 1. The van der Waals surface area contributed by atoms with Gasteiger partial charge in [0.2, 0.25) is 5.91 Å². The van der Waals surface area contributed by atoms with Crippen LogP contribution in [0, 0.1) is 5.92 Å². The monoisotopic (exact) mass is 280 g/mol. The van der Waals surface area contributed by atoms with Gasteiger partial charge in [0.1, 0.15) is 0 Å². The Hall–Kier alpha value is -1.59. The minimum Gasteiger partial charge on any atom is -0.324 e. The highest BCUT2D eigenvalue weighted by Gasteiger charge is 2.18. The van der Waals surface area contributed by atoms with E-state index in [-0.39, 0.29) is 18.3 Å². The summed E-state index contributed by atoms with van der Waals surface area (Å²) >= 11 is 0. The van der Waals surface area contributed by atoms with E-state index in [0.29, 0.717) is 12.3 Å². The van der Waals surface area contributed by atoms with Gasteiger partial charge in [0.25, 0.3) is 0 Å². The number of benzene rings is 1. The summed E-state index contributed by atoms with van der Waals surface area (Å²) in [5.74, 6) is 0.539. The van der Waals surface area contributed by atoms with Crippen molar-refractivity contribution < 1.29 is 4.79 Å². The molecular formula is C13H17ClN4O. The third-order valence-electron chi connectivity index (χ3n) is 3.39. The van der Waals surface area contributed by atoms with Crippen LogP contribution in [-0.4, -0.2) is 29.2 Å². The van der Waals surface area contributed by atoms with Crippen LogP contribution >= 0.6 is 12.4 Å². The van der Waals surface area contributed by atoms with Gasteiger partial charge in [-0.05, 0) is 31.5 Å². The number of hydrogen-bond donors (Lipinski definition) is 3. The lowest BCUT2D eigenvalue weighted by Gasteiger charge is -2.09. The van der Waals surface area contributed by atoms with Gasteiger partial charge in [0, 0.05) is 11.8 Å². The van der Waals surface area contributed by atoms with Crippen LogP contribution in [0.1, 0.15) is 12.8 Å². The number of halogens is 1. The molecule has 0 saturated carbocycles. The number of carbonyl (C=O) groups is 1. The van der Waals surface area contributed by atoms with Crippen LogP contribution in [0.15, 0.2) is 24.4 Å². The molecule has 1 unspecified atom stereocenters. The highest BCUT2D eigenvalue weighted by Crippen LogP contribution is 2.21. The molecule has 1 atom stereocenters. The van der Waals surface area contributed by atoms with E-state index in [2.05, 4.69) is 20.8 Å². The summed E-state index contributed by atoms with van der Waals surface area (Å²) in [6, 6.07) is 5.78. The van der Waals surface area contributed by atoms with E-state index >= 15 is 0 Å². The molecule has 2 heterocycles. The van der Waals surface area contributed by atoms with Gasteiger partial charge in [-0.1, -0.05) is 12.1 Å². The minimum atomic E-state index is 0. The van der Waals surface area contributed by atoms with Crippen molar-refractivity contribution in [1.29, 1.82) is 0 Å². The molecule has 3 rings (SSSR count). The summed E-state index contributed by atoms with van der Waals surface area (Å²) in [5, 5.41) is 14.1. The summed E-state index contributed by atoms with van der Waals surface area (Å²) in [7, 11) is 0. The molecule has 2 aromatic rings. The largest absolute Gasteiger partial charge is 0.324 e. The predicted molar refractivity (Wildman–Crippen MR) is 77.6 cm³/mol. The maximum atomic E-state index is 12.0. The van der Waals surface area contributed by atoms with Gasteiger partial charge >= 0.3 is 0 Å². The number of rotatable bonds is 3. The second-order valence-corrected chi connectivity index (χ2v) is 4.75. The lowest BCUT2D eigenvalue weighted by Crippen LogP contribution is -2.18. The summed E-state index contributed by atoms with van der Waals surface area (Å²) < 4.78 is 0. The number of para-hydroxylation sites is 1. The van der Waals surface area contributed by atoms with E-state index in [1.165, 1.54) is 0 Å². The Kier molecular flexibility index (Phi) is 4.39. The first kappa shape index (κ1) is 13.8. The fourth-order valence-electron chi connectivity index (χ4n) is 2.43. The van der Waals surface area contributed by atoms with Crippen molar-refractivity contribution in [2.24, 2.45) is 5.92 Å². The lowest BCUT2D eigenvalue weighted by molar-refractivity contribution is -0.116. The predicted octanol–water partition coefficient (Wildman–Crippen LogP) is 1.92. The average Bonchev–Trinajstić information content (AvgIpc) is 2.99. The van der Waals surface area contributed by atoms with Gasteiger partial charge in [0.05, 0.1) is 17.4 Å². The third kappa shape index (κ3) is 3.05. The second kappa shape index (κ2) is 6.04. The van der Waals surface area contributed by atoms with Crippen LogP contribution in [0.4, 0.5) is 5.69 Å². The number of anilines is 1. The Morgan fingerprint density at radius 1 is 1.47 bits per heavy atom. The Labute approximate surface area is 117 Å². The standard InChI is InChI=1S/C13H16N4O.ClH/c18-12(6-9-4-5-14-7-9)16-11-3-1-2-10-8-15-17-13(10)11;/h1-3,8-9,14H,4-7H2,(H,15,17)(H,16,18);1H. The smallest absolute Gasteiger partial charge is 0.224 e. The van der Waals surface area contributed by atoms with Crippen molar-refractivity contribution >= 4 is 34.9 Å². The average molecular weight is 281 g/mol. The van der Waals surface area contributed by atoms with Crippen molar-refractivity contribution in [3.8, 4) is 0 Å². The van der Waals surface area contributed by atoms with Crippen molar-refractivity contribution in [3.63, 3.8) is 0 Å². The van der Waals surface area contributed by atoms with Crippen LogP contribution in [0.2, 0.25) is 0 Å². The van der Waals surface area contributed by atoms with E-state index in [4.69, 9.17) is 0 Å². The van der Waals surface area contributed by atoms with Crippen LogP contribution in [0.5, 0.6) is 0 Å². The zero-order chi connectivity index (χ0) is 12.4. The molecule has 19 heavy (non-hydrogen) atoms. The number of H-pyrrole nitrogens is 1. The molecular weight excluding hydrogens is 264 g/mol.